The van der Waals surface area contributed by atoms with E-state index in [1.807, 2.05) is 54.2 Å². The number of hydrogen-bond acceptors (Lipinski definition) is 5. The maximum absolute atomic E-state index is 13.0. The topological polar surface area (TPSA) is 64.0 Å². The van der Waals surface area contributed by atoms with E-state index in [0.717, 1.165) is 11.4 Å². The smallest absolute Gasteiger partial charge is 0.195 e. The molecule has 0 atom stereocenters. The van der Waals surface area contributed by atoms with Crippen molar-refractivity contribution in [1.82, 2.24) is 0 Å². The van der Waals surface area contributed by atoms with Gasteiger partial charge in [0.05, 0.1) is 24.6 Å². The molecule has 5 heteroatoms. The summed E-state index contributed by atoms with van der Waals surface area (Å²) in [6.07, 6.45) is 0. The predicted octanol–water partition coefficient (Wildman–Crippen LogP) is 1.77. The molecule has 0 fully saturated rings. The van der Waals surface area contributed by atoms with Gasteiger partial charge in [0.15, 0.2) is 5.78 Å². The first-order valence-corrected chi connectivity index (χ1v) is 7.97. The summed E-state index contributed by atoms with van der Waals surface area (Å²) in [6, 6.07) is 14.7. The van der Waals surface area contributed by atoms with Gasteiger partial charge in [-0.3, -0.25) is 4.79 Å². The van der Waals surface area contributed by atoms with Crippen molar-refractivity contribution in [1.29, 1.82) is 0 Å². The number of nitrogens with zero attached hydrogens (tertiary/aromatic N) is 2. The number of para-hydroxylation sites is 1. The van der Waals surface area contributed by atoms with Gasteiger partial charge in [-0.15, -0.1) is 0 Å². The van der Waals surface area contributed by atoms with Crippen LogP contribution in [0.4, 0.5) is 11.4 Å². The molecule has 128 valence electrons. The van der Waals surface area contributed by atoms with Gasteiger partial charge in [0.2, 0.25) is 0 Å². The Morgan fingerprint density at radius 3 is 2.12 bits per heavy atom. The van der Waals surface area contributed by atoms with Crippen LogP contribution in [0.15, 0.2) is 48.5 Å². The number of likely N-dealkylation sites (N-methyl/N-ethyl adjacent to an activating group) is 2. The minimum absolute atomic E-state index is 0.00643. The van der Waals surface area contributed by atoms with E-state index < -0.39 is 0 Å². The molecule has 0 heterocycles. The minimum Gasteiger partial charge on any atom is -0.395 e. The SMILES string of the molecule is CN(CCO)c1cccc(C(=O)c2ccccc2)c1N(C)CCO. The van der Waals surface area contributed by atoms with Gasteiger partial charge in [0.1, 0.15) is 0 Å². The van der Waals surface area contributed by atoms with Gasteiger partial charge >= 0.3 is 0 Å². The molecule has 0 unspecified atom stereocenters. The molecule has 2 rings (SSSR count). The highest BCUT2D eigenvalue weighted by Gasteiger charge is 2.20. The third-order valence-corrected chi connectivity index (χ3v) is 3.96. The Morgan fingerprint density at radius 1 is 0.875 bits per heavy atom. The fourth-order valence-corrected chi connectivity index (χ4v) is 2.70. The van der Waals surface area contributed by atoms with Gasteiger partial charge in [-0.05, 0) is 12.1 Å². The molecule has 0 saturated carbocycles. The van der Waals surface area contributed by atoms with Crippen molar-refractivity contribution in [2.24, 2.45) is 0 Å². The summed E-state index contributed by atoms with van der Waals surface area (Å²) in [6.45, 7) is 0.895. The van der Waals surface area contributed by atoms with E-state index in [4.69, 9.17) is 0 Å². The zero-order valence-corrected chi connectivity index (χ0v) is 14.1. The Labute approximate surface area is 142 Å². The number of ketones is 1. The highest BCUT2D eigenvalue weighted by Crippen LogP contribution is 2.33. The van der Waals surface area contributed by atoms with Crippen LogP contribution in [0.3, 0.4) is 0 Å². The molecule has 5 nitrogen and oxygen atoms in total. The first kappa shape index (κ1) is 18.0. The van der Waals surface area contributed by atoms with Crippen molar-refractivity contribution in [3.63, 3.8) is 0 Å². The number of hydrogen-bond donors (Lipinski definition) is 2. The van der Waals surface area contributed by atoms with E-state index in [9.17, 15) is 15.0 Å². The zero-order valence-electron chi connectivity index (χ0n) is 14.1. The Kier molecular flexibility index (Phi) is 6.35. The van der Waals surface area contributed by atoms with Gasteiger partial charge in [-0.2, -0.15) is 0 Å². The van der Waals surface area contributed by atoms with Crippen LogP contribution in [-0.4, -0.2) is 56.4 Å². The molecular formula is C19H24N2O3. The summed E-state index contributed by atoms with van der Waals surface area (Å²) in [5.41, 5.74) is 2.82. The second kappa shape index (κ2) is 8.47. The highest BCUT2D eigenvalue weighted by molar-refractivity contribution is 6.14. The lowest BCUT2D eigenvalue weighted by atomic mass is 9.99. The van der Waals surface area contributed by atoms with Crippen molar-refractivity contribution in [2.75, 3.05) is 50.2 Å². The van der Waals surface area contributed by atoms with Crippen molar-refractivity contribution in [3.05, 3.63) is 59.7 Å². The predicted molar refractivity (Wildman–Crippen MR) is 97.0 cm³/mol. The highest BCUT2D eigenvalue weighted by atomic mass is 16.3. The standard InChI is InChI=1S/C19H24N2O3/c1-20(11-13-22)17-10-6-9-16(18(17)21(2)12-14-23)19(24)15-7-4-3-5-8-15/h3-10,22-23H,11-14H2,1-2H3. The summed E-state index contributed by atoms with van der Waals surface area (Å²) in [5.74, 6) is -0.0605. The lowest BCUT2D eigenvalue weighted by molar-refractivity contribution is 0.103. The molecule has 0 aliphatic heterocycles. The van der Waals surface area contributed by atoms with Gasteiger partial charge in [-0.1, -0.05) is 36.4 Å². The first-order chi connectivity index (χ1) is 11.6. The van der Waals surface area contributed by atoms with Crippen molar-refractivity contribution < 1.29 is 15.0 Å². The summed E-state index contributed by atoms with van der Waals surface area (Å²) < 4.78 is 0. The van der Waals surface area contributed by atoms with Crippen LogP contribution < -0.4 is 9.80 Å². The molecule has 2 aromatic rings. The minimum atomic E-state index is -0.0605. The molecule has 24 heavy (non-hydrogen) atoms. The van der Waals surface area contributed by atoms with Crippen LogP contribution >= 0.6 is 0 Å². The lowest BCUT2D eigenvalue weighted by Gasteiger charge is -2.29. The van der Waals surface area contributed by atoms with Gasteiger partial charge in [0, 0.05) is 38.3 Å². The van der Waals surface area contributed by atoms with Crippen LogP contribution in [-0.2, 0) is 0 Å². The molecule has 0 aliphatic rings. The fraction of sp³-hybridized carbons (Fsp3) is 0.316. The average Bonchev–Trinajstić information content (AvgIpc) is 2.61. The molecular weight excluding hydrogens is 304 g/mol. The fourth-order valence-electron chi connectivity index (χ4n) is 2.70. The summed E-state index contributed by atoms with van der Waals surface area (Å²) in [4.78, 5) is 16.7. The van der Waals surface area contributed by atoms with Crippen molar-refractivity contribution >= 4 is 17.2 Å². The normalized spacial score (nSPS) is 10.5. The Morgan fingerprint density at radius 2 is 1.50 bits per heavy atom. The van der Waals surface area contributed by atoms with Gasteiger partial charge in [-0.25, -0.2) is 0 Å². The second-order valence-corrected chi connectivity index (χ2v) is 5.66. The molecule has 0 aromatic heterocycles. The second-order valence-electron chi connectivity index (χ2n) is 5.66. The number of anilines is 2. The molecule has 0 amide bonds. The van der Waals surface area contributed by atoms with E-state index in [0.29, 0.717) is 24.2 Å². The number of carbonyl (C=O) groups is 1. The summed E-state index contributed by atoms with van der Waals surface area (Å²) in [7, 11) is 3.72. The molecule has 0 saturated heterocycles. The molecule has 2 N–H and O–H groups in total. The monoisotopic (exact) mass is 328 g/mol. The largest absolute Gasteiger partial charge is 0.395 e. The van der Waals surface area contributed by atoms with Crippen LogP contribution in [0.5, 0.6) is 0 Å². The van der Waals surface area contributed by atoms with Crippen LogP contribution in [0.1, 0.15) is 15.9 Å². The van der Waals surface area contributed by atoms with E-state index in [-0.39, 0.29) is 19.0 Å². The summed E-state index contributed by atoms with van der Waals surface area (Å²) in [5, 5.41) is 18.5. The quantitative estimate of drug-likeness (QED) is 0.723. The number of rotatable bonds is 8. The Bertz CT molecular complexity index is 674. The molecule has 0 aliphatic carbocycles. The molecule has 2 aromatic carbocycles. The van der Waals surface area contributed by atoms with E-state index in [2.05, 4.69) is 0 Å². The molecule has 0 spiro atoms. The third-order valence-electron chi connectivity index (χ3n) is 3.96. The van der Waals surface area contributed by atoms with E-state index >= 15 is 0 Å². The molecule has 0 radical (unpaired) electrons. The third kappa shape index (κ3) is 3.93. The van der Waals surface area contributed by atoms with Crippen LogP contribution in [0.2, 0.25) is 0 Å². The Hall–Kier alpha value is -2.37. The van der Waals surface area contributed by atoms with Gasteiger partial charge in [0.25, 0.3) is 0 Å². The lowest BCUT2D eigenvalue weighted by Crippen LogP contribution is -2.29. The molecule has 0 bridgehead atoms. The number of carbonyl (C=O) groups excluding carboxylic acids is 1. The van der Waals surface area contributed by atoms with Crippen molar-refractivity contribution in [2.45, 2.75) is 0 Å². The average molecular weight is 328 g/mol. The Balaban J connectivity index is 2.54. The van der Waals surface area contributed by atoms with E-state index in [1.165, 1.54) is 0 Å². The van der Waals surface area contributed by atoms with E-state index in [1.54, 1.807) is 18.2 Å². The number of benzene rings is 2. The first-order valence-electron chi connectivity index (χ1n) is 7.97. The van der Waals surface area contributed by atoms with Crippen LogP contribution in [0.25, 0.3) is 0 Å². The van der Waals surface area contributed by atoms with Crippen molar-refractivity contribution in [3.8, 4) is 0 Å². The van der Waals surface area contributed by atoms with Gasteiger partial charge < -0.3 is 20.0 Å². The zero-order chi connectivity index (χ0) is 17.5. The summed E-state index contributed by atoms with van der Waals surface area (Å²) >= 11 is 0. The van der Waals surface area contributed by atoms with Crippen LogP contribution in [0, 0.1) is 0 Å². The maximum Gasteiger partial charge on any atom is 0.195 e. The number of aliphatic hydroxyl groups excluding tert-OH is 2. The maximum atomic E-state index is 13.0. The number of aliphatic hydroxyl groups is 2.